The van der Waals surface area contributed by atoms with Crippen LogP contribution in [0.4, 0.5) is 0 Å². The fraction of sp³-hybridized carbons (Fsp3) is 0.538. The van der Waals surface area contributed by atoms with Gasteiger partial charge < -0.3 is 15.0 Å². The first-order chi connectivity index (χ1) is 8.58. The lowest BCUT2D eigenvalue weighted by Crippen LogP contribution is -2.42. The van der Waals surface area contributed by atoms with Gasteiger partial charge in [-0.15, -0.1) is 0 Å². The van der Waals surface area contributed by atoms with Crippen LogP contribution in [-0.4, -0.2) is 29.6 Å². The van der Waals surface area contributed by atoms with E-state index in [1.165, 1.54) is 0 Å². The summed E-state index contributed by atoms with van der Waals surface area (Å²) in [5, 5.41) is 2.81. The number of rotatable bonds is 3. The molecule has 0 saturated carbocycles. The van der Waals surface area contributed by atoms with Crippen molar-refractivity contribution >= 4 is 5.91 Å². The number of hydrogen-bond donors (Lipinski definition) is 2. The Kier molecular flexibility index (Phi) is 3.81. The Morgan fingerprint density at radius 1 is 1.56 bits per heavy atom. The Hall–Kier alpha value is -1.62. The minimum absolute atomic E-state index is 0.0541. The van der Waals surface area contributed by atoms with Crippen molar-refractivity contribution in [3.05, 3.63) is 33.7 Å². The minimum atomic E-state index is -0.355. The Balaban J connectivity index is 2.05. The van der Waals surface area contributed by atoms with E-state index in [0.29, 0.717) is 0 Å². The fourth-order valence-electron chi connectivity index (χ4n) is 2.13. The third-order valence-electron chi connectivity index (χ3n) is 3.18. The summed E-state index contributed by atoms with van der Waals surface area (Å²) < 4.78 is 5.50. The smallest absolute Gasteiger partial charge is 0.260 e. The molecule has 2 N–H and O–H groups in total. The summed E-state index contributed by atoms with van der Waals surface area (Å²) in [5.74, 6) is -0.348. The zero-order valence-electron chi connectivity index (χ0n) is 10.7. The Morgan fingerprint density at radius 2 is 2.33 bits per heavy atom. The largest absolute Gasteiger partial charge is 0.376 e. The summed E-state index contributed by atoms with van der Waals surface area (Å²) in [4.78, 5) is 26.2. The van der Waals surface area contributed by atoms with E-state index in [9.17, 15) is 9.59 Å². The number of carbonyl (C=O) groups excluding carboxylic acids is 1. The number of H-pyrrole nitrogens is 1. The Bertz CT molecular complexity index is 489. The second-order valence-corrected chi connectivity index (χ2v) is 4.70. The molecule has 1 saturated heterocycles. The maximum Gasteiger partial charge on any atom is 0.260 e. The number of pyridine rings is 1. The molecule has 1 fully saturated rings. The van der Waals surface area contributed by atoms with E-state index in [-0.39, 0.29) is 29.2 Å². The van der Waals surface area contributed by atoms with Crippen LogP contribution in [0.25, 0.3) is 0 Å². The van der Waals surface area contributed by atoms with Crippen LogP contribution in [0.5, 0.6) is 0 Å². The van der Waals surface area contributed by atoms with Crippen LogP contribution in [-0.2, 0) is 4.74 Å². The molecule has 1 amide bonds. The van der Waals surface area contributed by atoms with Gasteiger partial charge in [0.2, 0.25) is 0 Å². The van der Waals surface area contributed by atoms with Crippen molar-refractivity contribution in [2.75, 3.05) is 6.61 Å². The van der Waals surface area contributed by atoms with Gasteiger partial charge in [0.1, 0.15) is 5.56 Å². The van der Waals surface area contributed by atoms with Gasteiger partial charge >= 0.3 is 0 Å². The van der Waals surface area contributed by atoms with Crippen LogP contribution in [0.15, 0.2) is 16.9 Å². The third-order valence-corrected chi connectivity index (χ3v) is 3.18. The summed E-state index contributed by atoms with van der Waals surface area (Å²) >= 11 is 0. The Morgan fingerprint density at radius 3 is 2.94 bits per heavy atom. The zero-order chi connectivity index (χ0) is 13.1. The average molecular weight is 250 g/mol. The monoisotopic (exact) mass is 250 g/mol. The topological polar surface area (TPSA) is 71.2 Å². The van der Waals surface area contributed by atoms with E-state index in [0.717, 1.165) is 25.1 Å². The van der Waals surface area contributed by atoms with Gasteiger partial charge in [-0.2, -0.15) is 0 Å². The molecule has 1 aromatic rings. The zero-order valence-corrected chi connectivity index (χ0v) is 10.7. The number of aryl methyl sites for hydroxylation is 1. The van der Waals surface area contributed by atoms with Crippen molar-refractivity contribution in [3.63, 3.8) is 0 Å². The number of aromatic nitrogens is 1. The van der Waals surface area contributed by atoms with Crippen molar-refractivity contribution in [1.82, 2.24) is 10.3 Å². The SMILES string of the molecule is Cc1ccc(C(=O)N[C@H](C)[C@@H]2CCCO2)c(=O)[nH]1. The molecule has 1 aliphatic rings. The highest BCUT2D eigenvalue weighted by Crippen LogP contribution is 2.15. The van der Waals surface area contributed by atoms with E-state index >= 15 is 0 Å². The molecule has 5 nitrogen and oxygen atoms in total. The number of ether oxygens (including phenoxy) is 1. The van der Waals surface area contributed by atoms with Crippen LogP contribution < -0.4 is 10.9 Å². The number of amides is 1. The van der Waals surface area contributed by atoms with Gasteiger partial charge in [0.25, 0.3) is 11.5 Å². The van der Waals surface area contributed by atoms with E-state index in [1.54, 1.807) is 19.1 Å². The number of aromatic amines is 1. The normalized spacial score (nSPS) is 20.7. The first-order valence-electron chi connectivity index (χ1n) is 6.20. The van der Waals surface area contributed by atoms with E-state index in [2.05, 4.69) is 10.3 Å². The highest BCUT2D eigenvalue weighted by atomic mass is 16.5. The van der Waals surface area contributed by atoms with Crippen molar-refractivity contribution in [1.29, 1.82) is 0 Å². The van der Waals surface area contributed by atoms with Gasteiger partial charge in [-0.25, -0.2) is 0 Å². The van der Waals surface area contributed by atoms with Crippen LogP contribution >= 0.6 is 0 Å². The van der Waals surface area contributed by atoms with Gasteiger partial charge in [-0.1, -0.05) is 0 Å². The van der Waals surface area contributed by atoms with Crippen molar-refractivity contribution in [2.24, 2.45) is 0 Å². The summed E-state index contributed by atoms with van der Waals surface area (Å²) in [6, 6.07) is 3.18. The molecule has 1 aromatic heterocycles. The van der Waals surface area contributed by atoms with Crippen LogP contribution in [0.3, 0.4) is 0 Å². The quantitative estimate of drug-likeness (QED) is 0.840. The predicted octanol–water partition coefficient (Wildman–Crippen LogP) is 0.981. The molecule has 2 rings (SSSR count). The maximum absolute atomic E-state index is 12.0. The van der Waals surface area contributed by atoms with Gasteiger partial charge in [-0.3, -0.25) is 9.59 Å². The minimum Gasteiger partial charge on any atom is -0.376 e. The molecule has 0 bridgehead atoms. The highest BCUT2D eigenvalue weighted by Gasteiger charge is 2.24. The van der Waals surface area contributed by atoms with Gasteiger partial charge in [0, 0.05) is 12.3 Å². The molecule has 0 aliphatic carbocycles. The molecular weight excluding hydrogens is 232 g/mol. The van der Waals surface area contributed by atoms with Gasteiger partial charge in [-0.05, 0) is 38.8 Å². The number of nitrogens with one attached hydrogen (secondary N) is 2. The fourth-order valence-corrected chi connectivity index (χ4v) is 2.13. The predicted molar refractivity (Wildman–Crippen MR) is 67.7 cm³/mol. The lowest BCUT2D eigenvalue weighted by atomic mass is 10.1. The molecule has 0 radical (unpaired) electrons. The Labute approximate surface area is 106 Å². The molecular formula is C13H18N2O3. The molecule has 5 heteroatoms. The molecule has 18 heavy (non-hydrogen) atoms. The van der Waals surface area contributed by atoms with Crippen LogP contribution in [0, 0.1) is 6.92 Å². The van der Waals surface area contributed by atoms with E-state index in [4.69, 9.17) is 4.74 Å². The number of hydrogen-bond acceptors (Lipinski definition) is 3. The first kappa shape index (κ1) is 12.8. The standard InChI is InChI=1S/C13H18N2O3/c1-8-5-6-10(12(16)14-8)13(17)15-9(2)11-4-3-7-18-11/h5-6,9,11H,3-4,7H2,1-2H3,(H,14,16)(H,15,17)/t9-,11+/m1/s1. The molecule has 0 aromatic carbocycles. The molecule has 2 heterocycles. The van der Waals surface area contributed by atoms with Gasteiger partial charge in [0.05, 0.1) is 12.1 Å². The van der Waals surface area contributed by atoms with Crippen molar-refractivity contribution in [3.8, 4) is 0 Å². The highest BCUT2D eigenvalue weighted by molar-refractivity contribution is 5.94. The average Bonchev–Trinajstić information content (AvgIpc) is 2.81. The summed E-state index contributed by atoms with van der Waals surface area (Å²) in [6.45, 7) is 4.42. The molecule has 2 atom stereocenters. The molecule has 0 unspecified atom stereocenters. The summed E-state index contributed by atoms with van der Waals surface area (Å²) in [7, 11) is 0. The van der Waals surface area contributed by atoms with E-state index in [1.807, 2.05) is 6.92 Å². The number of carbonyl (C=O) groups is 1. The maximum atomic E-state index is 12.0. The molecule has 0 spiro atoms. The lowest BCUT2D eigenvalue weighted by molar-refractivity contribution is 0.0711. The molecule has 1 aliphatic heterocycles. The van der Waals surface area contributed by atoms with Crippen LogP contribution in [0.2, 0.25) is 0 Å². The summed E-state index contributed by atoms with van der Waals surface area (Å²) in [5.41, 5.74) is 0.529. The second kappa shape index (κ2) is 5.35. The van der Waals surface area contributed by atoms with Crippen molar-refractivity contribution < 1.29 is 9.53 Å². The first-order valence-corrected chi connectivity index (χ1v) is 6.20. The third kappa shape index (κ3) is 2.79. The van der Waals surface area contributed by atoms with E-state index < -0.39 is 0 Å². The second-order valence-electron chi connectivity index (χ2n) is 4.70. The van der Waals surface area contributed by atoms with Crippen LogP contribution in [0.1, 0.15) is 35.8 Å². The van der Waals surface area contributed by atoms with Gasteiger partial charge in [0.15, 0.2) is 0 Å². The molecule has 98 valence electrons. The lowest BCUT2D eigenvalue weighted by Gasteiger charge is -2.19. The summed E-state index contributed by atoms with van der Waals surface area (Å²) in [6.07, 6.45) is 2.03. The van der Waals surface area contributed by atoms with Crippen molar-refractivity contribution in [2.45, 2.75) is 38.8 Å².